The highest BCUT2D eigenvalue weighted by molar-refractivity contribution is 5.76. The van der Waals surface area contributed by atoms with Crippen molar-refractivity contribution in [3.63, 3.8) is 0 Å². The maximum absolute atomic E-state index is 12.6. The smallest absolute Gasteiger partial charge is 0.222 e. The molecule has 0 N–H and O–H groups in total. The first-order valence-electron chi connectivity index (χ1n) is 11.4. The second kappa shape index (κ2) is 9.28. The summed E-state index contributed by atoms with van der Waals surface area (Å²) in [5, 5.41) is 0. The molecule has 0 spiro atoms. The first-order valence-corrected chi connectivity index (χ1v) is 11.4. The number of likely N-dealkylation sites (N-methyl/N-ethyl adjacent to an activating group) is 1. The highest BCUT2D eigenvalue weighted by Gasteiger charge is 2.25. The largest absolute Gasteiger partial charge is 0.354 e. The third kappa shape index (κ3) is 5.18. The van der Waals surface area contributed by atoms with Crippen molar-refractivity contribution in [1.82, 2.24) is 19.8 Å². The number of nitrogens with zero attached hydrogens (tertiary/aromatic N) is 6. The lowest BCUT2D eigenvalue weighted by molar-refractivity contribution is -0.131. The Bertz CT molecular complexity index is 689. The molecule has 1 aromatic rings. The minimum absolute atomic E-state index is 0.341. The topological polar surface area (TPSA) is 55.8 Å². The number of piperazine rings is 2. The van der Waals surface area contributed by atoms with Crippen LogP contribution in [0.25, 0.3) is 0 Å². The Hall–Kier alpha value is -1.89. The first kappa shape index (κ1) is 20.4. The molecule has 3 heterocycles. The van der Waals surface area contributed by atoms with Crippen molar-refractivity contribution in [2.75, 3.05) is 69.2 Å². The van der Waals surface area contributed by atoms with Crippen LogP contribution < -0.4 is 9.80 Å². The van der Waals surface area contributed by atoms with Gasteiger partial charge < -0.3 is 19.6 Å². The molecule has 29 heavy (non-hydrogen) atoms. The zero-order chi connectivity index (χ0) is 20.2. The summed E-state index contributed by atoms with van der Waals surface area (Å²) in [4.78, 5) is 31.1. The van der Waals surface area contributed by atoms with Crippen LogP contribution in [0.5, 0.6) is 0 Å². The molecule has 7 nitrogen and oxygen atoms in total. The average Bonchev–Trinajstić information content (AvgIpc) is 3.26. The Kier molecular flexibility index (Phi) is 6.53. The van der Waals surface area contributed by atoms with Crippen LogP contribution in [0.3, 0.4) is 0 Å². The van der Waals surface area contributed by atoms with Crippen molar-refractivity contribution >= 4 is 17.5 Å². The van der Waals surface area contributed by atoms with Crippen molar-refractivity contribution in [3.05, 3.63) is 11.9 Å². The Morgan fingerprint density at radius 3 is 2.07 bits per heavy atom. The van der Waals surface area contributed by atoms with E-state index in [0.29, 0.717) is 5.91 Å². The van der Waals surface area contributed by atoms with Crippen LogP contribution >= 0.6 is 0 Å². The van der Waals surface area contributed by atoms with Gasteiger partial charge >= 0.3 is 0 Å². The monoisotopic (exact) mass is 400 g/mol. The lowest BCUT2D eigenvalue weighted by Crippen LogP contribution is -2.49. The molecule has 1 aliphatic carbocycles. The fourth-order valence-corrected chi connectivity index (χ4v) is 4.87. The molecule has 2 aliphatic heterocycles. The first-order chi connectivity index (χ1) is 14.1. The van der Waals surface area contributed by atoms with Crippen molar-refractivity contribution in [2.24, 2.45) is 5.92 Å². The van der Waals surface area contributed by atoms with Crippen LogP contribution in [-0.2, 0) is 4.79 Å². The summed E-state index contributed by atoms with van der Waals surface area (Å²) in [6.07, 6.45) is 7.16. The molecule has 3 aliphatic rings. The summed E-state index contributed by atoms with van der Waals surface area (Å²) in [7, 11) is 2.17. The van der Waals surface area contributed by atoms with Gasteiger partial charge in [0.05, 0.1) is 0 Å². The number of carbonyl (C=O) groups is 1. The van der Waals surface area contributed by atoms with E-state index in [1.54, 1.807) is 0 Å². The SMILES string of the molecule is Cc1nc(N2CCN(C)CC2)cc(N2CCN(C(=O)CCC3CCCC3)CC2)n1. The quantitative estimate of drug-likeness (QED) is 0.755. The third-order valence-corrected chi connectivity index (χ3v) is 6.84. The number of rotatable bonds is 5. The summed E-state index contributed by atoms with van der Waals surface area (Å²) in [6.45, 7) is 9.45. The number of anilines is 2. The Morgan fingerprint density at radius 2 is 1.48 bits per heavy atom. The number of aromatic nitrogens is 2. The van der Waals surface area contributed by atoms with Crippen molar-refractivity contribution < 1.29 is 4.79 Å². The van der Waals surface area contributed by atoms with Gasteiger partial charge in [0, 0.05) is 64.8 Å². The van der Waals surface area contributed by atoms with Gasteiger partial charge in [0.1, 0.15) is 17.5 Å². The van der Waals surface area contributed by atoms with Gasteiger partial charge in [-0.05, 0) is 26.3 Å². The molecule has 1 aromatic heterocycles. The van der Waals surface area contributed by atoms with Crippen LogP contribution in [0.2, 0.25) is 0 Å². The van der Waals surface area contributed by atoms with Gasteiger partial charge in [0.2, 0.25) is 5.91 Å². The van der Waals surface area contributed by atoms with Gasteiger partial charge in [-0.2, -0.15) is 0 Å². The molecular formula is C22H36N6O. The maximum Gasteiger partial charge on any atom is 0.222 e. The van der Waals surface area contributed by atoms with Crippen LogP contribution in [0.4, 0.5) is 11.6 Å². The molecular weight excluding hydrogens is 364 g/mol. The van der Waals surface area contributed by atoms with Gasteiger partial charge in [-0.3, -0.25) is 4.79 Å². The van der Waals surface area contributed by atoms with Gasteiger partial charge in [-0.25, -0.2) is 9.97 Å². The van der Waals surface area contributed by atoms with E-state index in [9.17, 15) is 4.79 Å². The van der Waals surface area contributed by atoms with E-state index < -0.39 is 0 Å². The van der Waals surface area contributed by atoms with Crippen molar-refractivity contribution in [3.8, 4) is 0 Å². The fourth-order valence-electron chi connectivity index (χ4n) is 4.87. The molecule has 160 valence electrons. The van der Waals surface area contributed by atoms with Gasteiger partial charge in [0.25, 0.3) is 0 Å². The normalized spacial score (nSPS) is 21.8. The van der Waals surface area contributed by atoms with Crippen LogP contribution in [-0.4, -0.2) is 85.1 Å². The molecule has 0 unspecified atom stereocenters. The van der Waals surface area contributed by atoms with Gasteiger partial charge in [0.15, 0.2) is 0 Å². The molecule has 3 fully saturated rings. The van der Waals surface area contributed by atoms with Crippen molar-refractivity contribution in [2.45, 2.75) is 45.4 Å². The summed E-state index contributed by atoms with van der Waals surface area (Å²) in [5.74, 6) is 4.00. The zero-order valence-corrected chi connectivity index (χ0v) is 18.1. The van der Waals surface area contributed by atoms with E-state index in [1.807, 2.05) is 6.92 Å². The summed E-state index contributed by atoms with van der Waals surface area (Å²) >= 11 is 0. The Balaban J connectivity index is 1.31. The molecule has 0 atom stereocenters. The molecule has 4 rings (SSSR count). The molecule has 1 amide bonds. The second-order valence-corrected chi connectivity index (χ2v) is 8.98. The van der Waals surface area contributed by atoms with E-state index in [-0.39, 0.29) is 0 Å². The molecule has 0 radical (unpaired) electrons. The summed E-state index contributed by atoms with van der Waals surface area (Å²) in [6, 6.07) is 2.13. The Labute approximate surface area is 175 Å². The van der Waals surface area contributed by atoms with Crippen molar-refractivity contribution in [1.29, 1.82) is 0 Å². The predicted octanol–water partition coefficient (Wildman–Crippen LogP) is 2.16. The molecule has 0 aromatic carbocycles. The number of carbonyl (C=O) groups excluding carboxylic acids is 1. The molecule has 1 saturated carbocycles. The van der Waals surface area contributed by atoms with E-state index in [2.05, 4.69) is 37.7 Å². The second-order valence-electron chi connectivity index (χ2n) is 8.98. The van der Waals surface area contributed by atoms with E-state index in [0.717, 1.165) is 88.6 Å². The molecule has 0 bridgehead atoms. The third-order valence-electron chi connectivity index (χ3n) is 6.84. The number of hydrogen-bond acceptors (Lipinski definition) is 6. The van der Waals surface area contributed by atoms with Crippen LogP contribution in [0.15, 0.2) is 6.07 Å². The average molecular weight is 401 g/mol. The maximum atomic E-state index is 12.6. The highest BCUT2D eigenvalue weighted by Crippen LogP contribution is 2.29. The van der Waals surface area contributed by atoms with Gasteiger partial charge in [-0.1, -0.05) is 25.7 Å². The Morgan fingerprint density at radius 1 is 0.931 bits per heavy atom. The van der Waals surface area contributed by atoms with E-state index >= 15 is 0 Å². The minimum Gasteiger partial charge on any atom is -0.354 e. The van der Waals surface area contributed by atoms with Crippen LogP contribution in [0.1, 0.15) is 44.3 Å². The summed E-state index contributed by atoms with van der Waals surface area (Å²) in [5.41, 5.74) is 0. The van der Waals surface area contributed by atoms with Gasteiger partial charge in [-0.15, -0.1) is 0 Å². The lowest BCUT2D eigenvalue weighted by Gasteiger charge is -2.37. The number of amides is 1. The van der Waals surface area contributed by atoms with Crippen LogP contribution in [0, 0.1) is 12.8 Å². The highest BCUT2D eigenvalue weighted by atomic mass is 16.2. The van der Waals surface area contributed by atoms with E-state index in [4.69, 9.17) is 4.98 Å². The molecule has 2 saturated heterocycles. The lowest BCUT2D eigenvalue weighted by atomic mass is 10.0. The summed E-state index contributed by atoms with van der Waals surface area (Å²) < 4.78 is 0. The van der Waals surface area contributed by atoms with E-state index in [1.165, 1.54) is 25.7 Å². The zero-order valence-electron chi connectivity index (χ0n) is 18.1. The number of aryl methyl sites for hydroxylation is 1. The minimum atomic E-state index is 0.341. The number of hydrogen-bond donors (Lipinski definition) is 0. The predicted molar refractivity (Wildman–Crippen MR) is 116 cm³/mol. The fraction of sp³-hybridized carbons (Fsp3) is 0.773. The molecule has 7 heteroatoms. The standard InChI is InChI=1S/C22H36N6O/c1-18-23-20(26-11-9-25(2)10-12-26)17-21(24-18)27-13-15-28(16-14-27)22(29)8-7-19-5-3-4-6-19/h17,19H,3-16H2,1-2H3.